The van der Waals surface area contributed by atoms with Crippen molar-refractivity contribution in [1.82, 2.24) is 10.2 Å². The van der Waals surface area contributed by atoms with E-state index in [-0.39, 0.29) is 29.9 Å². The number of carbonyl (C=O) groups excluding carboxylic acids is 2. The van der Waals surface area contributed by atoms with E-state index in [9.17, 15) is 14.0 Å². The van der Waals surface area contributed by atoms with Crippen LogP contribution in [0.15, 0.2) is 36.4 Å². The Morgan fingerprint density at radius 2 is 1.88 bits per heavy atom. The molecule has 0 aliphatic heterocycles. The number of amides is 2. The Bertz CT molecular complexity index is 941. The summed E-state index contributed by atoms with van der Waals surface area (Å²) in [5, 5.41) is 4.15. The lowest BCUT2D eigenvalue weighted by Crippen LogP contribution is -2.49. The fourth-order valence-electron chi connectivity index (χ4n) is 3.25. The lowest BCUT2D eigenvalue weighted by molar-refractivity contribution is -0.139. The molecule has 0 aliphatic rings. The van der Waals surface area contributed by atoms with Crippen molar-refractivity contribution in [2.45, 2.75) is 51.4 Å². The number of hydrogen-bond acceptors (Lipinski definition) is 3. The Morgan fingerprint density at radius 1 is 1.12 bits per heavy atom. The van der Waals surface area contributed by atoms with E-state index in [1.165, 1.54) is 28.8 Å². The fourth-order valence-corrected chi connectivity index (χ4v) is 4.97. The van der Waals surface area contributed by atoms with E-state index in [0.717, 1.165) is 12.8 Å². The molecule has 0 saturated carbocycles. The zero-order valence-corrected chi connectivity index (χ0v) is 21.8. The van der Waals surface area contributed by atoms with Crippen LogP contribution in [0.4, 0.5) is 4.39 Å². The molecule has 0 heterocycles. The molecule has 0 aliphatic carbocycles. The Hall–Kier alpha value is -1.47. The molecular weight excluding hydrogens is 506 g/mol. The van der Waals surface area contributed by atoms with Crippen LogP contribution < -0.4 is 5.32 Å². The first kappa shape index (κ1) is 27.8. The summed E-state index contributed by atoms with van der Waals surface area (Å²) in [6.07, 6.45) is 2.26. The molecule has 0 saturated heterocycles. The summed E-state index contributed by atoms with van der Waals surface area (Å²) in [7, 11) is 0. The largest absolute Gasteiger partial charge is 0.354 e. The van der Waals surface area contributed by atoms with E-state index < -0.39 is 11.9 Å². The van der Waals surface area contributed by atoms with Gasteiger partial charge in [-0.1, -0.05) is 67.2 Å². The van der Waals surface area contributed by atoms with E-state index in [4.69, 9.17) is 34.8 Å². The zero-order chi connectivity index (χ0) is 24.4. The Labute approximate surface area is 214 Å². The molecule has 2 amide bonds. The average molecular weight is 534 g/mol. The molecule has 1 atom stereocenters. The molecule has 0 spiro atoms. The van der Waals surface area contributed by atoms with Crippen LogP contribution in [0.3, 0.4) is 0 Å². The van der Waals surface area contributed by atoms with E-state index >= 15 is 0 Å². The fraction of sp³-hybridized carbons (Fsp3) is 0.417. The summed E-state index contributed by atoms with van der Waals surface area (Å²) in [4.78, 5) is 27.7. The van der Waals surface area contributed by atoms with E-state index in [1.807, 2.05) is 13.8 Å². The van der Waals surface area contributed by atoms with Crippen LogP contribution in [0.25, 0.3) is 0 Å². The van der Waals surface area contributed by atoms with Crippen molar-refractivity contribution in [2.24, 2.45) is 0 Å². The molecule has 0 radical (unpaired) electrons. The third-order valence-corrected chi connectivity index (χ3v) is 6.99. The molecule has 9 heteroatoms. The Balaban J connectivity index is 2.18. The van der Waals surface area contributed by atoms with Crippen LogP contribution in [-0.4, -0.2) is 35.1 Å². The second-order valence-corrected chi connectivity index (χ2v) is 9.76. The highest BCUT2D eigenvalue weighted by Gasteiger charge is 2.29. The highest BCUT2D eigenvalue weighted by Crippen LogP contribution is 2.26. The molecule has 1 N–H and O–H groups in total. The molecule has 2 aromatic rings. The molecule has 33 heavy (non-hydrogen) atoms. The molecule has 4 nitrogen and oxygen atoms in total. The van der Waals surface area contributed by atoms with Gasteiger partial charge in [0, 0.05) is 39.5 Å². The Kier molecular flexibility index (Phi) is 11.8. The monoisotopic (exact) mass is 532 g/mol. The lowest BCUT2D eigenvalue weighted by atomic mass is 10.1. The molecule has 2 rings (SSSR count). The minimum atomic E-state index is -0.654. The van der Waals surface area contributed by atoms with Crippen molar-refractivity contribution < 1.29 is 14.0 Å². The predicted molar refractivity (Wildman–Crippen MR) is 137 cm³/mol. The highest BCUT2D eigenvalue weighted by atomic mass is 35.5. The van der Waals surface area contributed by atoms with Gasteiger partial charge in [0.2, 0.25) is 11.8 Å². The summed E-state index contributed by atoms with van der Waals surface area (Å²) in [5.41, 5.74) is 1.05. The first-order valence-electron chi connectivity index (χ1n) is 10.8. The van der Waals surface area contributed by atoms with Crippen LogP contribution in [0, 0.1) is 5.82 Å². The minimum absolute atomic E-state index is 0.0641. The second-order valence-electron chi connectivity index (χ2n) is 7.52. The van der Waals surface area contributed by atoms with Gasteiger partial charge in [-0.25, -0.2) is 4.39 Å². The molecule has 0 aromatic heterocycles. The van der Waals surface area contributed by atoms with E-state index in [2.05, 4.69) is 5.32 Å². The molecule has 0 unspecified atom stereocenters. The second kappa shape index (κ2) is 14.1. The number of unbranched alkanes of at least 4 members (excludes halogenated alkanes) is 1. The van der Waals surface area contributed by atoms with Gasteiger partial charge in [-0.2, -0.15) is 0 Å². The van der Waals surface area contributed by atoms with Crippen LogP contribution >= 0.6 is 46.6 Å². The van der Waals surface area contributed by atoms with Gasteiger partial charge < -0.3 is 10.2 Å². The normalized spacial score (nSPS) is 11.8. The van der Waals surface area contributed by atoms with Crippen molar-refractivity contribution in [2.75, 3.05) is 12.3 Å². The maximum Gasteiger partial charge on any atom is 0.242 e. The topological polar surface area (TPSA) is 49.4 Å². The Morgan fingerprint density at radius 3 is 2.52 bits per heavy atom. The lowest BCUT2D eigenvalue weighted by Gasteiger charge is -2.31. The molecule has 0 fully saturated rings. The quantitative estimate of drug-likeness (QED) is 0.307. The highest BCUT2D eigenvalue weighted by molar-refractivity contribution is 7.99. The maximum atomic E-state index is 14.1. The number of rotatable bonds is 12. The third kappa shape index (κ3) is 8.36. The molecule has 2 aromatic carbocycles. The molecular formula is C24H28Cl3FN2O2S. The zero-order valence-electron chi connectivity index (χ0n) is 18.7. The van der Waals surface area contributed by atoms with Crippen LogP contribution in [0.1, 0.15) is 44.2 Å². The van der Waals surface area contributed by atoms with E-state index in [1.54, 1.807) is 24.3 Å². The van der Waals surface area contributed by atoms with Gasteiger partial charge in [0.1, 0.15) is 11.9 Å². The first-order chi connectivity index (χ1) is 15.8. The van der Waals surface area contributed by atoms with E-state index in [0.29, 0.717) is 39.2 Å². The summed E-state index contributed by atoms with van der Waals surface area (Å²) in [6, 6.07) is 8.90. The van der Waals surface area contributed by atoms with Gasteiger partial charge in [0.15, 0.2) is 0 Å². The minimum Gasteiger partial charge on any atom is -0.354 e. The number of benzene rings is 2. The number of thioether (sulfide) groups is 1. The number of hydrogen-bond donors (Lipinski definition) is 1. The van der Waals surface area contributed by atoms with Gasteiger partial charge in [-0.05, 0) is 42.7 Å². The van der Waals surface area contributed by atoms with Gasteiger partial charge >= 0.3 is 0 Å². The molecule has 0 bridgehead atoms. The van der Waals surface area contributed by atoms with Crippen LogP contribution in [0.5, 0.6) is 0 Å². The summed E-state index contributed by atoms with van der Waals surface area (Å²) in [6.45, 7) is 4.62. The van der Waals surface area contributed by atoms with Gasteiger partial charge in [0.25, 0.3) is 0 Å². The SMILES string of the molecule is CCCCNC(=O)[C@H](CC)N(Cc1ccc(Cl)cc1Cl)C(=O)CSCc1c(F)cccc1Cl. The van der Waals surface area contributed by atoms with Gasteiger partial charge in [0.05, 0.1) is 5.75 Å². The van der Waals surface area contributed by atoms with Gasteiger partial charge in [-0.3, -0.25) is 9.59 Å². The number of nitrogens with zero attached hydrogens (tertiary/aromatic N) is 1. The van der Waals surface area contributed by atoms with Crippen molar-refractivity contribution in [3.63, 3.8) is 0 Å². The summed E-state index contributed by atoms with van der Waals surface area (Å²) < 4.78 is 14.1. The number of carbonyl (C=O) groups is 2. The standard InChI is InChI=1S/C24H28Cl3FN2O2S/c1-3-5-11-29-24(32)22(4-2)30(13-16-9-10-17(25)12-20(16)27)23(31)15-33-14-18-19(26)7-6-8-21(18)28/h6-10,12,22H,3-5,11,13-15H2,1-2H3,(H,29,32)/t22-/m0/s1. The first-order valence-corrected chi connectivity index (χ1v) is 13.1. The predicted octanol–water partition coefficient (Wildman–Crippen LogP) is 6.74. The number of halogens is 4. The van der Waals surface area contributed by atoms with Crippen molar-refractivity contribution >= 4 is 58.4 Å². The van der Waals surface area contributed by atoms with Crippen LogP contribution in [-0.2, 0) is 21.9 Å². The number of nitrogens with one attached hydrogen (secondary N) is 1. The maximum absolute atomic E-state index is 14.1. The molecule has 180 valence electrons. The van der Waals surface area contributed by atoms with Gasteiger partial charge in [-0.15, -0.1) is 11.8 Å². The van der Waals surface area contributed by atoms with Crippen molar-refractivity contribution in [3.8, 4) is 0 Å². The van der Waals surface area contributed by atoms with Crippen molar-refractivity contribution in [1.29, 1.82) is 0 Å². The van der Waals surface area contributed by atoms with Crippen molar-refractivity contribution in [3.05, 3.63) is 68.4 Å². The smallest absolute Gasteiger partial charge is 0.242 e. The average Bonchev–Trinajstić information content (AvgIpc) is 2.77. The van der Waals surface area contributed by atoms with Crippen LogP contribution in [0.2, 0.25) is 15.1 Å². The summed E-state index contributed by atoms with van der Waals surface area (Å²) in [5.74, 6) is -0.544. The third-order valence-electron chi connectivity index (χ3n) is 5.10. The summed E-state index contributed by atoms with van der Waals surface area (Å²) >= 11 is 19.7.